The lowest BCUT2D eigenvalue weighted by atomic mass is 9.85. The summed E-state index contributed by atoms with van der Waals surface area (Å²) >= 11 is 6.35. The molecule has 2 atom stereocenters. The number of nitrogens with zero attached hydrogens (tertiary/aromatic N) is 2. The molecule has 220 valence electrons. The van der Waals surface area contributed by atoms with E-state index in [9.17, 15) is 27.6 Å². The SMILES string of the molecule is CC(C(C(=O)Nc1cccc(CCC(=O)O)c1Cl)c1ccc(CN2N=C(c3ccccc3)OCC2=O)cc1)C(F)(F)F. The summed E-state index contributed by atoms with van der Waals surface area (Å²) < 4.78 is 47.1. The van der Waals surface area contributed by atoms with Gasteiger partial charge in [0.15, 0.2) is 6.61 Å². The first-order valence-electron chi connectivity index (χ1n) is 13.0. The number of hydrazone groups is 1. The number of hydrogen-bond acceptors (Lipinski definition) is 5. The molecule has 0 bridgehead atoms. The second kappa shape index (κ2) is 13.1. The number of nitrogens with one attached hydrogen (secondary N) is 1. The first-order valence-corrected chi connectivity index (χ1v) is 13.3. The van der Waals surface area contributed by atoms with E-state index in [1.54, 1.807) is 42.5 Å². The van der Waals surface area contributed by atoms with Crippen molar-refractivity contribution < 1.29 is 37.4 Å². The van der Waals surface area contributed by atoms with Gasteiger partial charge in [0.1, 0.15) is 0 Å². The zero-order valence-corrected chi connectivity index (χ0v) is 23.2. The molecule has 1 aliphatic heterocycles. The van der Waals surface area contributed by atoms with Crippen LogP contribution in [0, 0.1) is 5.92 Å². The van der Waals surface area contributed by atoms with Gasteiger partial charge >= 0.3 is 12.1 Å². The molecule has 8 nitrogen and oxygen atoms in total. The second-order valence-electron chi connectivity index (χ2n) is 9.72. The number of carbonyl (C=O) groups is 3. The lowest BCUT2D eigenvalue weighted by molar-refractivity contribution is -0.178. The highest BCUT2D eigenvalue weighted by Gasteiger charge is 2.45. The van der Waals surface area contributed by atoms with Gasteiger partial charge in [0.2, 0.25) is 11.8 Å². The first kappa shape index (κ1) is 30.6. The van der Waals surface area contributed by atoms with Crippen molar-refractivity contribution in [3.63, 3.8) is 0 Å². The maximum atomic E-state index is 13.9. The van der Waals surface area contributed by atoms with E-state index in [1.165, 1.54) is 29.3 Å². The Bertz CT molecular complexity index is 1480. The largest absolute Gasteiger partial charge is 0.481 e. The maximum absolute atomic E-state index is 13.9. The van der Waals surface area contributed by atoms with Gasteiger partial charge in [-0.2, -0.15) is 13.2 Å². The smallest absolute Gasteiger partial charge is 0.392 e. The van der Waals surface area contributed by atoms with Gasteiger partial charge in [-0.1, -0.05) is 73.1 Å². The number of alkyl halides is 3. The van der Waals surface area contributed by atoms with E-state index >= 15 is 0 Å². The number of anilines is 1. The summed E-state index contributed by atoms with van der Waals surface area (Å²) in [5, 5.41) is 17.0. The Hall–Kier alpha value is -4.38. The lowest BCUT2D eigenvalue weighted by Gasteiger charge is -2.27. The van der Waals surface area contributed by atoms with Crippen molar-refractivity contribution in [1.29, 1.82) is 0 Å². The molecule has 0 fully saturated rings. The van der Waals surface area contributed by atoms with Crippen LogP contribution in [0.3, 0.4) is 0 Å². The number of carbonyl (C=O) groups excluding carboxylic acids is 2. The third-order valence-electron chi connectivity index (χ3n) is 6.77. The molecule has 2 amide bonds. The van der Waals surface area contributed by atoms with Crippen LogP contribution in [0.4, 0.5) is 18.9 Å². The van der Waals surface area contributed by atoms with Gasteiger partial charge in [-0.05, 0) is 41.3 Å². The number of halogens is 4. The second-order valence-corrected chi connectivity index (χ2v) is 10.1. The Labute approximate surface area is 244 Å². The third-order valence-corrected chi connectivity index (χ3v) is 7.21. The van der Waals surface area contributed by atoms with Crippen LogP contribution in [0.2, 0.25) is 5.02 Å². The van der Waals surface area contributed by atoms with Crippen molar-refractivity contribution in [3.8, 4) is 0 Å². The standard InChI is InChI=1S/C30H27ClF3N3O5/c1-18(30(32,33)34)26(28(41)35-23-9-5-8-21(27(23)31)14-15-25(39)40)20-12-10-19(11-13-20)16-37-24(38)17-42-29(36-37)22-6-3-2-4-7-22/h2-13,18,26H,14-17H2,1H3,(H,35,41)(H,39,40). The van der Waals surface area contributed by atoms with Crippen LogP contribution in [-0.2, 0) is 32.1 Å². The van der Waals surface area contributed by atoms with E-state index in [1.807, 2.05) is 6.07 Å². The van der Waals surface area contributed by atoms with Crippen LogP contribution >= 0.6 is 11.6 Å². The van der Waals surface area contributed by atoms with E-state index in [-0.39, 0.29) is 54.1 Å². The minimum Gasteiger partial charge on any atom is -0.481 e. The minimum absolute atomic E-state index is 0.0449. The highest BCUT2D eigenvalue weighted by atomic mass is 35.5. The molecule has 2 unspecified atom stereocenters. The number of aliphatic carboxylic acids is 1. The predicted molar refractivity (Wildman–Crippen MR) is 150 cm³/mol. The fourth-order valence-corrected chi connectivity index (χ4v) is 4.69. The van der Waals surface area contributed by atoms with Crippen LogP contribution in [0.15, 0.2) is 77.9 Å². The zero-order chi connectivity index (χ0) is 30.4. The van der Waals surface area contributed by atoms with Gasteiger partial charge in [-0.3, -0.25) is 14.4 Å². The first-order chi connectivity index (χ1) is 19.9. The van der Waals surface area contributed by atoms with E-state index in [2.05, 4.69) is 10.4 Å². The number of aryl methyl sites for hydroxylation is 1. The molecule has 0 spiro atoms. The van der Waals surface area contributed by atoms with E-state index < -0.39 is 29.9 Å². The number of carboxylic acid groups (broad SMARTS) is 1. The molecular formula is C30H27ClF3N3O5. The van der Waals surface area contributed by atoms with Crippen molar-refractivity contribution in [2.24, 2.45) is 11.0 Å². The maximum Gasteiger partial charge on any atom is 0.392 e. The van der Waals surface area contributed by atoms with Crippen LogP contribution in [0.1, 0.15) is 41.5 Å². The van der Waals surface area contributed by atoms with Gasteiger partial charge in [-0.15, -0.1) is 5.10 Å². The predicted octanol–water partition coefficient (Wildman–Crippen LogP) is 6.00. The highest BCUT2D eigenvalue weighted by Crippen LogP contribution is 2.39. The molecule has 3 aromatic carbocycles. The fraction of sp³-hybridized carbons (Fsp3) is 0.267. The number of amides is 2. The van der Waals surface area contributed by atoms with Crippen LogP contribution in [0.5, 0.6) is 0 Å². The summed E-state index contributed by atoms with van der Waals surface area (Å²) in [5.41, 5.74) is 1.91. The number of rotatable bonds is 10. The summed E-state index contributed by atoms with van der Waals surface area (Å²) in [6, 6.07) is 19.5. The Morgan fingerprint density at radius 3 is 2.40 bits per heavy atom. The number of benzene rings is 3. The molecule has 0 radical (unpaired) electrons. The summed E-state index contributed by atoms with van der Waals surface area (Å²) in [6.45, 7) is 0.760. The number of hydrogen-bond donors (Lipinski definition) is 2. The van der Waals surface area contributed by atoms with Crippen LogP contribution in [-0.4, -0.2) is 46.6 Å². The van der Waals surface area contributed by atoms with Gasteiger partial charge < -0.3 is 15.2 Å². The van der Waals surface area contributed by atoms with Gasteiger partial charge in [0.05, 0.1) is 29.1 Å². The van der Waals surface area contributed by atoms with Gasteiger partial charge in [0.25, 0.3) is 5.91 Å². The Morgan fingerprint density at radius 1 is 1.07 bits per heavy atom. The topological polar surface area (TPSA) is 108 Å². The molecule has 42 heavy (non-hydrogen) atoms. The average molecular weight is 602 g/mol. The fourth-order valence-electron chi connectivity index (χ4n) is 4.43. The van der Waals surface area contributed by atoms with Crippen molar-refractivity contribution >= 4 is 41.0 Å². The molecule has 4 rings (SSSR count). The van der Waals surface area contributed by atoms with Gasteiger partial charge in [0, 0.05) is 12.0 Å². The van der Waals surface area contributed by atoms with Crippen LogP contribution < -0.4 is 5.32 Å². The van der Waals surface area contributed by atoms with E-state index in [0.717, 1.165) is 6.92 Å². The minimum atomic E-state index is -4.68. The van der Waals surface area contributed by atoms with Crippen molar-refractivity contribution in [3.05, 3.63) is 100 Å². The summed E-state index contributed by atoms with van der Waals surface area (Å²) in [7, 11) is 0. The number of carboxylic acids is 1. The normalized spacial score (nSPS) is 14.9. The van der Waals surface area contributed by atoms with Crippen molar-refractivity contribution in [1.82, 2.24) is 5.01 Å². The molecule has 0 saturated carbocycles. The molecule has 3 aromatic rings. The lowest BCUT2D eigenvalue weighted by Crippen LogP contribution is -2.36. The van der Waals surface area contributed by atoms with Crippen molar-refractivity contribution in [2.45, 2.75) is 38.4 Å². The Kier molecular flexibility index (Phi) is 9.52. The van der Waals surface area contributed by atoms with Gasteiger partial charge in [-0.25, -0.2) is 5.01 Å². The Morgan fingerprint density at radius 2 is 1.76 bits per heavy atom. The van der Waals surface area contributed by atoms with Crippen molar-refractivity contribution in [2.75, 3.05) is 11.9 Å². The monoisotopic (exact) mass is 601 g/mol. The Balaban J connectivity index is 1.55. The molecule has 1 aliphatic rings. The molecular weight excluding hydrogens is 575 g/mol. The van der Waals surface area contributed by atoms with E-state index in [4.69, 9.17) is 21.4 Å². The summed E-state index contributed by atoms with van der Waals surface area (Å²) in [5.74, 6) is -5.74. The molecule has 2 N–H and O–H groups in total. The van der Waals surface area contributed by atoms with Crippen LogP contribution in [0.25, 0.3) is 0 Å². The number of ether oxygens (including phenoxy) is 1. The van der Waals surface area contributed by atoms with E-state index in [0.29, 0.717) is 16.7 Å². The average Bonchev–Trinajstić information content (AvgIpc) is 2.95. The summed E-state index contributed by atoms with van der Waals surface area (Å²) in [6.07, 6.45) is -4.80. The third kappa shape index (κ3) is 7.47. The molecule has 0 aromatic heterocycles. The zero-order valence-electron chi connectivity index (χ0n) is 22.4. The molecule has 0 saturated heterocycles. The molecule has 12 heteroatoms. The molecule has 1 heterocycles. The summed E-state index contributed by atoms with van der Waals surface area (Å²) in [4.78, 5) is 36.6. The molecule has 0 aliphatic carbocycles. The highest BCUT2D eigenvalue weighted by molar-refractivity contribution is 6.34. The quantitative estimate of drug-likeness (QED) is 0.296.